The molecular weight excluding hydrogens is 528 g/mol. The van der Waals surface area contributed by atoms with E-state index in [0.29, 0.717) is 22.8 Å². The summed E-state index contributed by atoms with van der Waals surface area (Å²) in [6.45, 7) is 27.1. The van der Waals surface area contributed by atoms with Gasteiger partial charge in [-0.1, -0.05) is 41.5 Å². The van der Waals surface area contributed by atoms with Crippen LogP contribution in [0.2, 0.25) is 0 Å². The number of esters is 2. The number of ether oxygens (including phenoxy) is 3. The van der Waals surface area contributed by atoms with Gasteiger partial charge in [0.15, 0.2) is 5.78 Å². The summed E-state index contributed by atoms with van der Waals surface area (Å²) in [7, 11) is 0. The average molecular weight is 579 g/mol. The number of carbonyl (C=O) groups excluding carboxylic acids is 3. The van der Waals surface area contributed by atoms with Gasteiger partial charge in [-0.3, -0.25) is 14.4 Å². The summed E-state index contributed by atoms with van der Waals surface area (Å²) in [5.41, 5.74) is 0.633. The van der Waals surface area contributed by atoms with Crippen LogP contribution in [0.5, 0.6) is 17.2 Å². The lowest BCUT2D eigenvalue weighted by Gasteiger charge is -2.33. The van der Waals surface area contributed by atoms with Gasteiger partial charge < -0.3 is 14.2 Å². The van der Waals surface area contributed by atoms with Crippen molar-refractivity contribution >= 4 is 23.8 Å². The van der Waals surface area contributed by atoms with Crippen molar-refractivity contribution in [1.82, 2.24) is 0 Å². The lowest BCUT2D eigenvalue weighted by molar-refractivity contribution is -0.143. The highest BCUT2D eigenvalue weighted by molar-refractivity contribution is 6.07. The predicted molar refractivity (Wildman–Crippen MR) is 170 cm³/mol. The molecule has 0 atom stereocenters. The first-order chi connectivity index (χ1) is 18.9. The quantitative estimate of drug-likeness (QED) is 0.141. The Morgan fingerprint density at radius 3 is 1.62 bits per heavy atom. The predicted octanol–water partition coefficient (Wildman–Crippen LogP) is 8.87. The zero-order valence-electron chi connectivity index (χ0n) is 28.1. The van der Waals surface area contributed by atoms with Crippen LogP contribution >= 0.6 is 0 Å². The van der Waals surface area contributed by atoms with Gasteiger partial charge in [0.2, 0.25) is 0 Å². The number of ketones is 1. The molecule has 0 saturated heterocycles. The molecular formula is C36H50O6. The zero-order chi connectivity index (χ0) is 32.4. The highest BCUT2D eigenvalue weighted by Gasteiger charge is 2.35. The van der Waals surface area contributed by atoms with Crippen LogP contribution in [0, 0.1) is 10.8 Å². The van der Waals surface area contributed by atoms with Crippen molar-refractivity contribution < 1.29 is 28.6 Å². The van der Waals surface area contributed by atoms with Crippen LogP contribution in [0.1, 0.15) is 124 Å². The summed E-state index contributed by atoms with van der Waals surface area (Å²) in [6.07, 6.45) is 3.11. The van der Waals surface area contributed by atoms with Crippen LogP contribution in [0.15, 0.2) is 36.4 Å². The summed E-state index contributed by atoms with van der Waals surface area (Å²) in [5, 5.41) is 0. The van der Waals surface area contributed by atoms with Crippen LogP contribution in [0.3, 0.4) is 0 Å². The highest BCUT2D eigenvalue weighted by Crippen LogP contribution is 2.48. The Morgan fingerprint density at radius 1 is 0.690 bits per heavy atom. The first-order valence-electron chi connectivity index (χ1n) is 14.6. The van der Waals surface area contributed by atoms with Crippen molar-refractivity contribution in [3.63, 3.8) is 0 Å². The smallest absolute Gasteiger partial charge is 0.316 e. The van der Waals surface area contributed by atoms with E-state index in [9.17, 15) is 14.4 Å². The summed E-state index contributed by atoms with van der Waals surface area (Å²) >= 11 is 0. The minimum atomic E-state index is -0.699. The van der Waals surface area contributed by atoms with E-state index < -0.39 is 16.2 Å². The van der Waals surface area contributed by atoms with Gasteiger partial charge in [0.25, 0.3) is 0 Å². The van der Waals surface area contributed by atoms with Crippen molar-refractivity contribution in [2.45, 2.75) is 114 Å². The van der Waals surface area contributed by atoms with Gasteiger partial charge in [-0.25, -0.2) is 0 Å². The zero-order valence-corrected chi connectivity index (χ0v) is 28.1. The normalized spacial score (nSPS) is 12.9. The van der Waals surface area contributed by atoms with Crippen molar-refractivity contribution in [1.29, 1.82) is 0 Å². The topological polar surface area (TPSA) is 78.9 Å². The van der Waals surface area contributed by atoms with Gasteiger partial charge in [-0.2, -0.15) is 0 Å². The van der Waals surface area contributed by atoms with Gasteiger partial charge in [0.05, 0.1) is 16.9 Å². The van der Waals surface area contributed by atoms with Crippen LogP contribution in [0.25, 0.3) is 6.08 Å². The van der Waals surface area contributed by atoms with Gasteiger partial charge in [0, 0.05) is 22.3 Å². The number of hydrogen-bond donors (Lipinski definition) is 0. The SMILES string of the molecule is CC(C)Oc1c(/C=C/C(=O)c2ccc(OC(=O)C(C)(C)C)cc2)cc(C(C)(C)C)c(OC(=O)C(C)(C)C)c1C(C)(C)C. The summed E-state index contributed by atoms with van der Waals surface area (Å²) in [4.78, 5) is 38.6. The third-order valence-corrected chi connectivity index (χ3v) is 6.36. The molecule has 2 aromatic rings. The summed E-state index contributed by atoms with van der Waals surface area (Å²) < 4.78 is 18.0. The molecule has 0 radical (unpaired) electrons. The molecule has 0 spiro atoms. The monoisotopic (exact) mass is 578 g/mol. The Balaban J connectivity index is 2.68. The highest BCUT2D eigenvalue weighted by atomic mass is 16.5. The third-order valence-electron chi connectivity index (χ3n) is 6.36. The molecule has 0 aromatic heterocycles. The number of benzene rings is 2. The van der Waals surface area contributed by atoms with Gasteiger partial charge in [-0.15, -0.1) is 0 Å². The molecule has 0 heterocycles. The largest absolute Gasteiger partial charge is 0.490 e. The Hall–Kier alpha value is -3.41. The molecule has 0 fully saturated rings. The van der Waals surface area contributed by atoms with Crippen LogP contribution in [0.4, 0.5) is 0 Å². The lowest BCUT2D eigenvalue weighted by Crippen LogP contribution is -2.29. The minimum Gasteiger partial charge on any atom is -0.490 e. The van der Waals surface area contributed by atoms with Crippen LogP contribution in [-0.4, -0.2) is 23.8 Å². The van der Waals surface area contributed by atoms with Crippen LogP contribution in [-0.2, 0) is 20.4 Å². The van der Waals surface area contributed by atoms with Crippen molar-refractivity contribution in [3.05, 3.63) is 58.7 Å². The maximum atomic E-state index is 13.2. The third kappa shape index (κ3) is 9.04. The summed E-state index contributed by atoms with van der Waals surface area (Å²) in [6, 6.07) is 8.47. The molecule has 0 aliphatic carbocycles. The van der Waals surface area contributed by atoms with Crippen molar-refractivity contribution in [2.24, 2.45) is 10.8 Å². The fourth-order valence-electron chi connectivity index (χ4n) is 3.95. The molecule has 0 aliphatic rings. The molecule has 2 rings (SSSR count). The van der Waals surface area contributed by atoms with E-state index in [1.165, 1.54) is 6.08 Å². The van der Waals surface area contributed by atoms with E-state index in [1.54, 1.807) is 51.1 Å². The van der Waals surface area contributed by atoms with E-state index in [2.05, 4.69) is 41.5 Å². The van der Waals surface area contributed by atoms with E-state index in [4.69, 9.17) is 14.2 Å². The van der Waals surface area contributed by atoms with Crippen LogP contribution < -0.4 is 14.2 Å². The standard InChI is InChI=1S/C36H50O6/c1-22(2)40-29-24(17-20-27(37)23-15-18-25(19-16-23)41-31(38)35(9,10)11)21-26(33(3,4)5)30(28(29)34(6,7)8)42-32(39)36(12,13)14/h15-22H,1-14H3/b20-17+. The second kappa shape index (κ2) is 12.4. The molecule has 2 aromatic carbocycles. The second-order valence-corrected chi connectivity index (χ2v) is 15.2. The average Bonchev–Trinajstić information content (AvgIpc) is 2.80. The maximum absolute atomic E-state index is 13.2. The van der Waals surface area contributed by atoms with Crippen molar-refractivity contribution in [2.75, 3.05) is 0 Å². The Morgan fingerprint density at radius 2 is 1.19 bits per heavy atom. The summed E-state index contributed by atoms with van der Waals surface area (Å²) in [5.74, 6) is 0.583. The first kappa shape index (κ1) is 34.8. The Bertz CT molecular complexity index is 1330. The second-order valence-electron chi connectivity index (χ2n) is 15.2. The first-order valence-corrected chi connectivity index (χ1v) is 14.6. The van der Waals surface area contributed by atoms with E-state index >= 15 is 0 Å². The number of rotatable bonds is 7. The van der Waals surface area contributed by atoms with Gasteiger partial charge in [-0.05, 0) is 109 Å². The molecule has 230 valence electrons. The Kier molecular flexibility index (Phi) is 10.3. The molecule has 0 bridgehead atoms. The van der Waals surface area contributed by atoms with E-state index in [0.717, 1.165) is 16.7 Å². The minimum absolute atomic E-state index is 0.163. The molecule has 6 heteroatoms. The molecule has 0 N–H and O–H groups in total. The molecule has 0 saturated carbocycles. The molecule has 0 amide bonds. The molecule has 0 unspecified atom stereocenters. The fourth-order valence-corrected chi connectivity index (χ4v) is 3.95. The lowest BCUT2D eigenvalue weighted by atomic mass is 9.77. The van der Waals surface area contributed by atoms with Gasteiger partial charge >= 0.3 is 11.9 Å². The van der Waals surface area contributed by atoms with E-state index in [-0.39, 0.29) is 29.2 Å². The molecule has 6 nitrogen and oxygen atoms in total. The fraction of sp³-hybridized carbons (Fsp3) is 0.528. The maximum Gasteiger partial charge on any atom is 0.316 e. The number of carbonyl (C=O) groups is 3. The van der Waals surface area contributed by atoms with Gasteiger partial charge in [0.1, 0.15) is 17.2 Å². The Labute approximate surface area is 252 Å². The molecule has 42 heavy (non-hydrogen) atoms. The number of allylic oxidation sites excluding steroid dienone is 1. The van der Waals surface area contributed by atoms with Crippen molar-refractivity contribution in [3.8, 4) is 17.2 Å². The van der Waals surface area contributed by atoms with E-state index in [1.807, 2.05) is 40.7 Å². The number of hydrogen-bond acceptors (Lipinski definition) is 6. The molecule has 0 aliphatic heterocycles.